The zero-order chi connectivity index (χ0) is 10.3. The van der Waals surface area contributed by atoms with Gasteiger partial charge in [-0.15, -0.1) is 0 Å². The molecule has 0 amide bonds. The standard InChI is InChI=1S/C13H22N2/c14-13-5-4-10(6-13)7-15-8-11-2-1-3-12(11)9-15/h4-5,10-13H,1-3,6-9,14H2. The number of hydrogen-bond acceptors (Lipinski definition) is 2. The monoisotopic (exact) mass is 206 g/mol. The maximum absolute atomic E-state index is 5.89. The first-order chi connectivity index (χ1) is 7.31. The van der Waals surface area contributed by atoms with Crippen LogP contribution >= 0.6 is 0 Å². The minimum Gasteiger partial charge on any atom is -0.324 e. The van der Waals surface area contributed by atoms with E-state index in [0.717, 1.165) is 17.8 Å². The lowest BCUT2D eigenvalue weighted by Crippen LogP contribution is -2.28. The Balaban J connectivity index is 1.51. The first-order valence-corrected chi connectivity index (χ1v) is 6.47. The van der Waals surface area contributed by atoms with E-state index in [1.54, 1.807) is 0 Å². The molecule has 2 heteroatoms. The highest BCUT2D eigenvalue weighted by Gasteiger charge is 2.36. The van der Waals surface area contributed by atoms with E-state index in [4.69, 9.17) is 5.73 Å². The van der Waals surface area contributed by atoms with E-state index < -0.39 is 0 Å². The summed E-state index contributed by atoms with van der Waals surface area (Å²) in [5.41, 5.74) is 5.89. The molecule has 2 aliphatic carbocycles. The van der Waals surface area contributed by atoms with E-state index in [2.05, 4.69) is 17.1 Å². The molecule has 0 aromatic rings. The van der Waals surface area contributed by atoms with Crippen molar-refractivity contribution in [1.82, 2.24) is 4.90 Å². The molecule has 0 bridgehead atoms. The van der Waals surface area contributed by atoms with Crippen LogP contribution in [0.1, 0.15) is 25.7 Å². The van der Waals surface area contributed by atoms with Crippen molar-refractivity contribution in [3.05, 3.63) is 12.2 Å². The molecule has 0 radical (unpaired) electrons. The van der Waals surface area contributed by atoms with Crippen molar-refractivity contribution in [3.8, 4) is 0 Å². The molecule has 0 aromatic heterocycles. The van der Waals surface area contributed by atoms with Gasteiger partial charge in [0, 0.05) is 25.7 Å². The molecular formula is C13H22N2. The molecule has 1 saturated carbocycles. The first-order valence-electron chi connectivity index (χ1n) is 6.47. The highest BCUT2D eigenvalue weighted by Crippen LogP contribution is 2.38. The molecule has 1 heterocycles. The van der Waals surface area contributed by atoms with Crippen LogP contribution in [-0.2, 0) is 0 Å². The van der Waals surface area contributed by atoms with Gasteiger partial charge >= 0.3 is 0 Å². The highest BCUT2D eigenvalue weighted by atomic mass is 15.2. The number of likely N-dealkylation sites (tertiary alicyclic amines) is 1. The Kier molecular flexibility index (Phi) is 2.57. The molecule has 1 saturated heterocycles. The fourth-order valence-electron chi connectivity index (χ4n) is 3.75. The van der Waals surface area contributed by atoms with Gasteiger partial charge in [0.05, 0.1) is 0 Å². The van der Waals surface area contributed by atoms with E-state index >= 15 is 0 Å². The second kappa shape index (κ2) is 3.91. The fraction of sp³-hybridized carbons (Fsp3) is 0.846. The largest absolute Gasteiger partial charge is 0.324 e. The molecule has 2 N–H and O–H groups in total. The summed E-state index contributed by atoms with van der Waals surface area (Å²) >= 11 is 0. The fourth-order valence-corrected chi connectivity index (χ4v) is 3.75. The van der Waals surface area contributed by atoms with Gasteiger partial charge in [-0.25, -0.2) is 0 Å². The molecule has 2 nitrogen and oxygen atoms in total. The van der Waals surface area contributed by atoms with Gasteiger partial charge in [0.25, 0.3) is 0 Å². The van der Waals surface area contributed by atoms with Crippen molar-refractivity contribution in [2.75, 3.05) is 19.6 Å². The van der Waals surface area contributed by atoms with Crippen LogP contribution in [0.15, 0.2) is 12.2 Å². The Morgan fingerprint density at radius 2 is 1.87 bits per heavy atom. The predicted octanol–water partition coefficient (Wildman–Crippen LogP) is 1.62. The van der Waals surface area contributed by atoms with Gasteiger partial charge in [-0.1, -0.05) is 18.6 Å². The molecule has 3 rings (SSSR count). The topological polar surface area (TPSA) is 29.3 Å². The summed E-state index contributed by atoms with van der Waals surface area (Å²) in [6.45, 7) is 3.99. The molecule has 3 aliphatic rings. The van der Waals surface area contributed by atoms with Crippen LogP contribution in [-0.4, -0.2) is 30.6 Å². The van der Waals surface area contributed by atoms with Gasteiger partial charge in [0.1, 0.15) is 0 Å². The minimum atomic E-state index is 0.331. The van der Waals surface area contributed by atoms with Gasteiger partial charge in [0.2, 0.25) is 0 Å². The third kappa shape index (κ3) is 1.98. The number of fused-ring (bicyclic) bond motifs is 1. The summed E-state index contributed by atoms with van der Waals surface area (Å²) in [5.74, 6) is 2.80. The quantitative estimate of drug-likeness (QED) is 0.696. The third-order valence-corrected chi connectivity index (χ3v) is 4.50. The molecule has 15 heavy (non-hydrogen) atoms. The second-order valence-electron chi connectivity index (χ2n) is 5.71. The van der Waals surface area contributed by atoms with Crippen molar-refractivity contribution >= 4 is 0 Å². The Morgan fingerprint density at radius 1 is 1.13 bits per heavy atom. The molecule has 84 valence electrons. The highest BCUT2D eigenvalue weighted by molar-refractivity contribution is 5.05. The van der Waals surface area contributed by atoms with E-state index in [1.807, 2.05) is 0 Å². The lowest BCUT2D eigenvalue weighted by atomic mass is 10.0. The van der Waals surface area contributed by atoms with Gasteiger partial charge in [-0.3, -0.25) is 0 Å². The smallest absolute Gasteiger partial charge is 0.0229 e. The summed E-state index contributed by atoms with van der Waals surface area (Å²) in [4.78, 5) is 2.68. The van der Waals surface area contributed by atoms with Crippen LogP contribution in [0.5, 0.6) is 0 Å². The summed E-state index contributed by atoms with van der Waals surface area (Å²) in [7, 11) is 0. The third-order valence-electron chi connectivity index (χ3n) is 4.50. The Hall–Kier alpha value is -0.340. The summed E-state index contributed by atoms with van der Waals surface area (Å²) < 4.78 is 0. The zero-order valence-electron chi connectivity index (χ0n) is 9.44. The van der Waals surface area contributed by atoms with Crippen molar-refractivity contribution in [2.24, 2.45) is 23.5 Å². The second-order valence-corrected chi connectivity index (χ2v) is 5.71. The van der Waals surface area contributed by atoms with Crippen LogP contribution in [0.4, 0.5) is 0 Å². The van der Waals surface area contributed by atoms with E-state index in [-0.39, 0.29) is 0 Å². The zero-order valence-corrected chi connectivity index (χ0v) is 9.44. The van der Waals surface area contributed by atoms with Gasteiger partial charge in [-0.2, -0.15) is 0 Å². The van der Waals surface area contributed by atoms with E-state index in [9.17, 15) is 0 Å². The average Bonchev–Trinajstić information content (AvgIpc) is 2.81. The van der Waals surface area contributed by atoms with E-state index in [1.165, 1.54) is 45.3 Å². The molecule has 4 atom stereocenters. The molecule has 1 aliphatic heterocycles. The maximum atomic E-state index is 5.89. The predicted molar refractivity (Wildman–Crippen MR) is 62.5 cm³/mol. The molecule has 0 aromatic carbocycles. The maximum Gasteiger partial charge on any atom is 0.0229 e. The number of rotatable bonds is 2. The van der Waals surface area contributed by atoms with Gasteiger partial charge in [-0.05, 0) is 37.0 Å². The van der Waals surface area contributed by atoms with Crippen molar-refractivity contribution < 1.29 is 0 Å². The Morgan fingerprint density at radius 3 is 2.47 bits per heavy atom. The van der Waals surface area contributed by atoms with Crippen LogP contribution in [0.3, 0.4) is 0 Å². The Labute approximate surface area is 92.5 Å². The molecular weight excluding hydrogens is 184 g/mol. The summed E-state index contributed by atoms with van der Waals surface area (Å²) in [6.07, 6.45) is 10.1. The van der Waals surface area contributed by atoms with Gasteiger partial charge in [0.15, 0.2) is 0 Å². The number of hydrogen-bond donors (Lipinski definition) is 1. The normalized spacial score (nSPS) is 45.1. The van der Waals surface area contributed by atoms with Crippen molar-refractivity contribution in [3.63, 3.8) is 0 Å². The lowest BCUT2D eigenvalue weighted by Gasteiger charge is -2.20. The van der Waals surface area contributed by atoms with Crippen LogP contribution in [0.2, 0.25) is 0 Å². The SMILES string of the molecule is NC1C=CC(CN2CC3CCCC3C2)C1. The van der Waals surface area contributed by atoms with Crippen LogP contribution < -0.4 is 5.73 Å². The summed E-state index contributed by atoms with van der Waals surface area (Å²) in [5, 5.41) is 0. The van der Waals surface area contributed by atoms with Gasteiger partial charge < -0.3 is 10.6 Å². The minimum absolute atomic E-state index is 0.331. The van der Waals surface area contributed by atoms with Crippen molar-refractivity contribution in [2.45, 2.75) is 31.7 Å². The number of nitrogens with zero attached hydrogens (tertiary/aromatic N) is 1. The molecule has 2 fully saturated rings. The van der Waals surface area contributed by atoms with Crippen LogP contribution in [0.25, 0.3) is 0 Å². The van der Waals surface area contributed by atoms with Crippen LogP contribution in [0, 0.1) is 17.8 Å². The molecule has 4 unspecified atom stereocenters. The average molecular weight is 206 g/mol. The van der Waals surface area contributed by atoms with E-state index in [0.29, 0.717) is 6.04 Å². The van der Waals surface area contributed by atoms with Crippen molar-refractivity contribution in [1.29, 1.82) is 0 Å². The summed E-state index contributed by atoms with van der Waals surface area (Å²) in [6, 6.07) is 0.331. The number of nitrogens with two attached hydrogens (primary N) is 1. The first kappa shape index (κ1) is 9.86. The Bertz CT molecular complexity index is 249. The lowest BCUT2D eigenvalue weighted by molar-refractivity contribution is 0.277. The molecule has 0 spiro atoms.